The van der Waals surface area contributed by atoms with Gasteiger partial charge in [0.25, 0.3) is 0 Å². The first kappa shape index (κ1) is 12.5. The maximum Gasteiger partial charge on any atom is 0.109 e. The molecular formula is C14H20N2S. The van der Waals surface area contributed by atoms with Gasteiger partial charge >= 0.3 is 0 Å². The number of thiol groups is 1. The van der Waals surface area contributed by atoms with E-state index in [-0.39, 0.29) is 0 Å². The Bertz CT molecular complexity index is 476. The molecule has 0 bridgehead atoms. The normalized spacial score (nSPS) is 11.2. The molecule has 1 aromatic carbocycles. The summed E-state index contributed by atoms with van der Waals surface area (Å²) in [5.41, 5.74) is 2.40. The van der Waals surface area contributed by atoms with E-state index < -0.39 is 0 Å². The molecule has 0 N–H and O–H groups in total. The Labute approximate surface area is 108 Å². The van der Waals surface area contributed by atoms with E-state index in [0.29, 0.717) is 0 Å². The van der Waals surface area contributed by atoms with Crippen LogP contribution >= 0.6 is 12.6 Å². The fraction of sp³-hybridized carbons (Fsp3) is 0.500. The third-order valence-corrected chi connectivity index (χ3v) is 3.41. The predicted molar refractivity (Wildman–Crippen MR) is 76.8 cm³/mol. The van der Waals surface area contributed by atoms with Gasteiger partial charge in [-0.25, -0.2) is 4.98 Å². The van der Waals surface area contributed by atoms with Crippen molar-refractivity contribution < 1.29 is 0 Å². The minimum atomic E-state index is 0.991. The van der Waals surface area contributed by atoms with Crippen LogP contribution in [0.5, 0.6) is 0 Å². The molecule has 0 amide bonds. The lowest BCUT2D eigenvalue weighted by Gasteiger charge is -2.07. The number of imidazole rings is 1. The molecule has 0 aliphatic carbocycles. The summed E-state index contributed by atoms with van der Waals surface area (Å²) in [6, 6.07) is 8.41. The standard InChI is InChI=1S/C14H20N2S/c1-2-14-15-12-8-4-5-9-13(12)16(14)10-6-3-7-11-17/h4-5,8-9,17H,2-3,6-7,10-11H2,1H3. The molecule has 92 valence electrons. The smallest absolute Gasteiger partial charge is 0.109 e. The number of aromatic nitrogens is 2. The Balaban J connectivity index is 2.18. The predicted octanol–water partition coefficient (Wildman–Crippen LogP) is 3.70. The molecule has 1 aromatic heterocycles. The number of benzene rings is 1. The summed E-state index contributed by atoms with van der Waals surface area (Å²) < 4.78 is 2.37. The van der Waals surface area contributed by atoms with E-state index in [4.69, 9.17) is 0 Å². The Morgan fingerprint density at radius 1 is 1.18 bits per heavy atom. The molecule has 0 fully saturated rings. The molecule has 3 heteroatoms. The molecule has 2 rings (SSSR count). The van der Waals surface area contributed by atoms with Gasteiger partial charge in [-0.1, -0.05) is 25.5 Å². The quantitative estimate of drug-likeness (QED) is 0.609. The zero-order valence-electron chi connectivity index (χ0n) is 10.4. The third-order valence-electron chi connectivity index (χ3n) is 3.09. The van der Waals surface area contributed by atoms with Crippen LogP contribution in [0.2, 0.25) is 0 Å². The van der Waals surface area contributed by atoms with Crippen LogP contribution in [0.25, 0.3) is 11.0 Å². The number of unbranched alkanes of at least 4 members (excludes halogenated alkanes) is 2. The number of aryl methyl sites for hydroxylation is 2. The lowest BCUT2D eigenvalue weighted by Crippen LogP contribution is -2.03. The molecule has 1 heterocycles. The molecule has 0 aliphatic rings. The molecule has 0 unspecified atom stereocenters. The fourth-order valence-corrected chi connectivity index (χ4v) is 2.43. The second-order valence-electron chi connectivity index (χ2n) is 4.31. The maximum atomic E-state index is 4.68. The summed E-state index contributed by atoms with van der Waals surface area (Å²) in [6.07, 6.45) is 4.67. The minimum absolute atomic E-state index is 0.991. The van der Waals surface area contributed by atoms with Crippen LogP contribution in [-0.2, 0) is 13.0 Å². The van der Waals surface area contributed by atoms with Gasteiger partial charge in [-0.2, -0.15) is 12.6 Å². The van der Waals surface area contributed by atoms with Crippen molar-refractivity contribution in [3.63, 3.8) is 0 Å². The van der Waals surface area contributed by atoms with Gasteiger partial charge < -0.3 is 4.57 Å². The van der Waals surface area contributed by atoms with Crippen LogP contribution in [0.4, 0.5) is 0 Å². The first-order valence-corrected chi connectivity index (χ1v) is 7.05. The highest BCUT2D eigenvalue weighted by Crippen LogP contribution is 2.17. The highest BCUT2D eigenvalue weighted by atomic mass is 32.1. The van der Waals surface area contributed by atoms with Crippen LogP contribution in [0.15, 0.2) is 24.3 Å². The number of rotatable bonds is 6. The van der Waals surface area contributed by atoms with Gasteiger partial charge in [0.05, 0.1) is 11.0 Å². The van der Waals surface area contributed by atoms with Crippen molar-refractivity contribution in [2.45, 2.75) is 39.2 Å². The molecule has 0 aliphatic heterocycles. The van der Waals surface area contributed by atoms with E-state index in [1.54, 1.807) is 0 Å². The Morgan fingerprint density at radius 3 is 2.76 bits per heavy atom. The second kappa shape index (κ2) is 6.10. The summed E-state index contributed by atoms with van der Waals surface area (Å²) >= 11 is 4.25. The van der Waals surface area contributed by atoms with E-state index in [2.05, 4.69) is 53.4 Å². The van der Waals surface area contributed by atoms with Crippen LogP contribution in [-0.4, -0.2) is 15.3 Å². The minimum Gasteiger partial charge on any atom is -0.328 e. The average Bonchev–Trinajstić information content (AvgIpc) is 2.73. The van der Waals surface area contributed by atoms with Gasteiger partial charge in [-0.15, -0.1) is 0 Å². The highest BCUT2D eigenvalue weighted by Gasteiger charge is 2.07. The zero-order valence-corrected chi connectivity index (χ0v) is 11.3. The van der Waals surface area contributed by atoms with Crippen molar-refractivity contribution in [1.82, 2.24) is 9.55 Å². The summed E-state index contributed by atoms with van der Waals surface area (Å²) in [5, 5.41) is 0. The average molecular weight is 248 g/mol. The van der Waals surface area contributed by atoms with Gasteiger partial charge in [-0.3, -0.25) is 0 Å². The molecule has 2 aromatic rings. The highest BCUT2D eigenvalue weighted by molar-refractivity contribution is 7.80. The zero-order chi connectivity index (χ0) is 12.1. The molecule has 0 saturated carbocycles. The molecule has 0 atom stereocenters. The lowest BCUT2D eigenvalue weighted by atomic mass is 10.2. The van der Waals surface area contributed by atoms with Crippen LogP contribution in [0.1, 0.15) is 32.0 Å². The molecule has 2 nitrogen and oxygen atoms in total. The molecule has 0 radical (unpaired) electrons. The summed E-state index contributed by atoms with van der Waals surface area (Å²) in [5.74, 6) is 2.20. The number of hydrogen-bond donors (Lipinski definition) is 1. The fourth-order valence-electron chi connectivity index (χ4n) is 2.20. The van der Waals surface area contributed by atoms with Crippen LogP contribution in [0, 0.1) is 0 Å². The number of nitrogens with zero attached hydrogens (tertiary/aromatic N) is 2. The number of hydrogen-bond acceptors (Lipinski definition) is 2. The van der Waals surface area contributed by atoms with Gasteiger partial charge in [0.15, 0.2) is 0 Å². The topological polar surface area (TPSA) is 17.8 Å². The first-order valence-electron chi connectivity index (χ1n) is 6.41. The molecular weight excluding hydrogens is 228 g/mol. The van der Waals surface area contributed by atoms with Crippen LogP contribution < -0.4 is 0 Å². The van der Waals surface area contributed by atoms with Crippen molar-refractivity contribution in [3.8, 4) is 0 Å². The van der Waals surface area contributed by atoms with E-state index >= 15 is 0 Å². The summed E-state index contributed by atoms with van der Waals surface area (Å²) in [4.78, 5) is 4.68. The van der Waals surface area contributed by atoms with Gasteiger partial charge in [0, 0.05) is 13.0 Å². The van der Waals surface area contributed by atoms with Crippen LogP contribution in [0.3, 0.4) is 0 Å². The van der Waals surface area contributed by atoms with Crippen molar-refractivity contribution >= 4 is 23.7 Å². The maximum absolute atomic E-state index is 4.68. The van der Waals surface area contributed by atoms with E-state index in [0.717, 1.165) is 24.2 Å². The van der Waals surface area contributed by atoms with Gasteiger partial charge in [0.2, 0.25) is 0 Å². The van der Waals surface area contributed by atoms with E-state index in [1.165, 1.54) is 30.6 Å². The Morgan fingerprint density at radius 2 is 2.00 bits per heavy atom. The monoisotopic (exact) mass is 248 g/mol. The van der Waals surface area contributed by atoms with Gasteiger partial charge in [0.1, 0.15) is 5.82 Å². The summed E-state index contributed by atoms with van der Waals surface area (Å²) in [6.45, 7) is 3.25. The van der Waals surface area contributed by atoms with Gasteiger partial charge in [-0.05, 0) is 30.7 Å². The largest absolute Gasteiger partial charge is 0.328 e. The van der Waals surface area contributed by atoms with Crippen molar-refractivity contribution in [1.29, 1.82) is 0 Å². The lowest BCUT2D eigenvalue weighted by molar-refractivity contribution is 0.596. The second-order valence-corrected chi connectivity index (χ2v) is 4.75. The summed E-state index contributed by atoms with van der Waals surface area (Å²) in [7, 11) is 0. The number of para-hydroxylation sites is 2. The first-order chi connectivity index (χ1) is 8.36. The van der Waals surface area contributed by atoms with Crippen molar-refractivity contribution in [2.75, 3.05) is 5.75 Å². The SMILES string of the molecule is CCc1nc2ccccc2n1CCCCCS. The number of fused-ring (bicyclic) bond motifs is 1. The Kier molecular flexibility index (Phi) is 4.49. The van der Waals surface area contributed by atoms with E-state index in [1.807, 2.05) is 0 Å². The van der Waals surface area contributed by atoms with Crippen molar-refractivity contribution in [3.05, 3.63) is 30.1 Å². The Hall–Kier alpha value is -0.960. The molecule has 0 saturated heterocycles. The third kappa shape index (κ3) is 2.83. The molecule has 0 spiro atoms. The van der Waals surface area contributed by atoms with Crippen molar-refractivity contribution in [2.24, 2.45) is 0 Å². The molecule has 17 heavy (non-hydrogen) atoms. The van der Waals surface area contributed by atoms with E-state index in [9.17, 15) is 0 Å².